The second kappa shape index (κ2) is 6.65. The fourth-order valence-electron chi connectivity index (χ4n) is 1.57. The highest BCUT2D eigenvalue weighted by atomic mass is 16.4. The monoisotopic (exact) mass is 279 g/mol. The smallest absolute Gasteiger partial charge is 0.354 e. The van der Waals surface area contributed by atoms with Crippen molar-refractivity contribution in [2.75, 3.05) is 5.32 Å². The molecular weight excluding hydrogens is 262 g/mol. The molecule has 7 heteroatoms. The van der Waals surface area contributed by atoms with Gasteiger partial charge in [0.05, 0.1) is 11.9 Å². The third-order valence-electron chi connectivity index (χ3n) is 2.56. The minimum atomic E-state index is -1.14. The minimum Gasteiger partial charge on any atom is -0.477 e. The Morgan fingerprint density at radius 3 is 2.30 bits per heavy atom. The number of aromatic carboxylic acids is 1. The van der Waals surface area contributed by atoms with E-state index < -0.39 is 12.0 Å². The molecule has 0 fully saturated rings. The Labute approximate surface area is 116 Å². The molecular formula is C13H17N3O4. The van der Waals surface area contributed by atoms with E-state index in [9.17, 15) is 14.4 Å². The molecule has 0 saturated carbocycles. The van der Waals surface area contributed by atoms with Crippen molar-refractivity contribution in [1.82, 2.24) is 10.3 Å². The Morgan fingerprint density at radius 1 is 1.25 bits per heavy atom. The molecule has 0 radical (unpaired) electrons. The Bertz CT molecular complexity index is 511. The van der Waals surface area contributed by atoms with E-state index in [-0.39, 0.29) is 23.4 Å². The normalized spacial score (nSPS) is 11.8. The molecule has 0 aliphatic rings. The largest absolute Gasteiger partial charge is 0.477 e. The van der Waals surface area contributed by atoms with Crippen LogP contribution in [0.5, 0.6) is 0 Å². The van der Waals surface area contributed by atoms with Gasteiger partial charge in [0.1, 0.15) is 11.7 Å². The number of carbonyl (C=O) groups is 3. The molecule has 0 aromatic carbocycles. The van der Waals surface area contributed by atoms with Gasteiger partial charge in [-0.25, -0.2) is 9.78 Å². The fourth-order valence-corrected chi connectivity index (χ4v) is 1.57. The molecule has 1 heterocycles. The molecule has 0 aliphatic heterocycles. The molecule has 0 saturated heterocycles. The summed E-state index contributed by atoms with van der Waals surface area (Å²) in [6.07, 6.45) is 1.26. The first kappa shape index (κ1) is 15.6. The molecule has 0 spiro atoms. The Hall–Kier alpha value is -2.44. The maximum Gasteiger partial charge on any atom is 0.354 e. The lowest BCUT2D eigenvalue weighted by Gasteiger charge is -2.20. The third kappa shape index (κ3) is 4.34. The summed E-state index contributed by atoms with van der Waals surface area (Å²) in [5.41, 5.74) is 0.265. The number of carbonyl (C=O) groups excluding carboxylic acids is 2. The number of pyridine rings is 1. The molecule has 1 aromatic heterocycles. The highest BCUT2D eigenvalue weighted by molar-refractivity contribution is 5.97. The predicted molar refractivity (Wildman–Crippen MR) is 72.3 cm³/mol. The molecule has 1 unspecified atom stereocenters. The molecule has 0 aliphatic carbocycles. The first-order valence-electron chi connectivity index (χ1n) is 6.08. The van der Waals surface area contributed by atoms with E-state index in [1.54, 1.807) is 0 Å². The Balaban J connectivity index is 2.77. The van der Waals surface area contributed by atoms with E-state index >= 15 is 0 Å². The van der Waals surface area contributed by atoms with E-state index in [1.165, 1.54) is 25.3 Å². The number of hydrogen-bond donors (Lipinski definition) is 3. The summed E-state index contributed by atoms with van der Waals surface area (Å²) >= 11 is 0. The lowest BCUT2D eigenvalue weighted by molar-refractivity contribution is -0.126. The highest BCUT2D eigenvalue weighted by Crippen LogP contribution is 2.09. The molecule has 0 bridgehead atoms. The van der Waals surface area contributed by atoms with Gasteiger partial charge >= 0.3 is 5.97 Å². The summed E-state index contributed by atoms with van der Waals surface area (Å²) in [4.78, 5) is 37.5. The van der Waals surface area contributed by atoms with Gasteiger partial charge in [-0.1, -0.05) is 13.8 Å². The van der Waals surface area contributed by atoms with Crippen molar-refractivity contribution in [3.05, 3.63) is 24.0 Å². The summed E-state index contributed by atoms with van der Waals surface area (Å²) in [5.74, 6) is -1.88. The summed E-state index contributed by atoms with van der Waals surface area (Å²) in [7, 11) is 0. The topological polar surface area (TPSA) is 108 Å². The van der Waals surface area contributed by atoms with E-state index in [1.807, 2.05) is 13.8 Å². The van der Waals surface area contributed by atoms with Crippen LogP contribution in [0.2, 0.25) is 0 Å². The van der Waals surface area contributed by atoms with Crippen molar-refractivity contribution < 1.29 is 19.5 Å². The van der Waals surface area contributed by atoms with Crippen molar-refractivity contribution >= 4 is 23.5 Å². The molecule has 2 amide bonds. The summed E-state index contributed by atoms with van der Waals surface area (Å²) < 4.78 is 0. The summed E-state index contributed by atoms with van der Waals surface area (Å²) in [6.45, 7) is 4.96. The van der Waals surface area contributed by atoms with Crippen LogP contribution in [0.15, 0.2) is 18.3 Å². The molecule has 20 heavy (non-hydrogen) atoms. The SMILES string of the molecule is CC(=O)NC(C(=O)Nc1ccc(C(=O)O)nc1)C(C)C. The quantitative estimate of drug-likeness (QED) is 0.741. The van der Waals surface area contributed by atoms with Gasteiger partial charge in [-0.2, -0.15) is 0 Å². The molecule has 7 nitrogen and oxygen atoms in total. The number of aromatic nitrogens is 1. The van der Waals surface area contributed by atoms with E-state index in [4.69, 9.17) is 5.11 Å². The van der Waals surface area contributed by atoms with E-state index in [0.717, 1.165) is 0 Å². The number of hydrogen-bond acceptors (Lipinski definition) is 4. The Morgan fingerprint density at radius 2 is 1.90 bits per heavy atom. The zero-order chi connectivity index (χ0) is 15.3. The van der Waals surface area contributed by atoms with Gasteiger partial charge < -0.3 is 15.7 Å². The maximum absolute atomic E-state index is 12.0. The van der Waals surface area contributed by atoms with Crippen molar-refractivity contribution in [3.63, 3.8) is 0 Å². The van der Waals surface area contributed by atoms with E-state index in [0.29, 0.717) is 5.69 Å². The van der Waals surface area contributed by atoms with Gasteiger partial charge in [0.15, 0.2) is 0 Å². The van der Waals surface area contributed by atoms with Crippen LogP contribution in [-0.4, -0.2) is 33.9 Å². The van der Waals surface area contributed by atoms with Crippen molar-refractivity contribution in [2.24, 2.45) is 5.92 Å². The van der Waals surface area contributed by atoms with Crippen LogP contribution < -0.4 is 10.6 Å². The number of rotatable bonds is 5. The molecule has 1 atom stereocenters. The van der Waals surface area contributed by atoms with Crippen LogP contribution in [-0.2, 0) is 9.59 Å². The average Bonchev–Trinajstić information content (AvgIpc) is 2.35. The zero-order valence-electron chi connectivity index (χ0n) is 11.5. The third-order valence-corrected chi connectivity index (χ3v) is 2.56. The van der Waals surface area contributed by atoms with Crippen LogP contribution in [0.25, 0.3) is 0 Å². The zero-order valence-corrected chi connectivity index (χ0v) is 11.5. The number of carboxylic acids is 1. The van der Waals surface area contributed by atoms with Crippen LogP contribution >= 0.6 is 0 Å². The van der Waals surface area contributed by atoms with Gasteiger partial charge in [-0.3, -0.25) is 9.59 Å². The van der Waals surface area contributed by atoms with Gasteiger partial charge in [0.2, 0.25) is 11.8 Å². The van der Waals surface area contributed by atoms with Gasteiger partial charge in [-0.15, -0.1) is 0 Å². The number of amides is 2. The van der Waals surface area contributed by atoms with Crippen LogP contribution in [0, 0.1) is 5.92 Å². The molecule has 1 aromatic rings. The van der Waals surface area contributed by atoms with Gasteiger partial charge in [-0.05, 0) is 18.1 Å². The Kier molecular flexibility index (Phi) is 5.19. The first-order valence-corrected chi connectivity index (χ1v) is 6.08. The van der Waals surface area contributed by atoms with Gasteiger partial charge in [0.25, 0.3) is 0 Å². The molecule has 1 rings (SSSR count). The second-order valence-electron chi connectivity index (χ2n) is 4.65. The van der Waals surface area contributed by atoms with Crippen LogP contribution in [0.4, 0.5) is 5.69 Å². The van der Waals surface area contributed by atoms with Crippen molar-refractivity contribution in [3.8, 4) is 0 Å². The average molecular weight is 279 g/mol. The van der Waals surface area contributed by atoms with Crippen LogP contribution in [0.1, 0.15) is 31.3 Å². The number of carboxylic acid groups (broad SMARTS) is 1. The van der Waals surface area contributed by atoms with Crippen LogP contribution in [0.3, 0.4) is 0 Å². The van der Waals surface area contributed by atoms with Crippen molar-refractivity contribution in [2.45, 2.75) is 26.8 Å². The fraction of sp³-hybridized carbons (Fsp3) is 0.385. The maximum atomic E-state index is 12.0. The standard InChI is InChI=1S/C13H17N3O4/c1-7(2)11(15-8(3)17)12(18)16-9-4-5-10(13(19)20)14-6-9/h4-7,11H,1-3H3,(H,15,17)(H,16,18)(H,19,20). The minimum absolute atomic E-state index is 0.0786. The summed E-state index contributed by atoms with van der Waals surface area (Å²) in [5, 5.41) is 13.9. The highest BCUT2D eigenvalue weighted by Gasteiger charge is 2.23. The lowest BCUT2D eigenvalue weighted by Crippen LogP contribution is -2.46. The van der Waals surface area contributed by atoms with Gasteiger partial charge in [0, 0.05) is 6.92 Å². The first-order chi connectivity index (χ1) is 9.31. The predicted octanol–water partition coefficient (Wildman–Crippen LogP) is 0.879. The van der Waals surface area contributed by atoms with Crippen molar-refractivity contribution in [1.29, 1.82) is 0 Å². The molecule has 108 valence electrons. The number of nitrogens with one attached hydrogen (secondary N) is 2. The lowest BCUT2D eigenvalue weighted by atomic mass is 10.0. The summed E-state index contributed by atoms with van der Waals surface area (Å²) in [6, 6.07) is 2.08. The number of nitrogens with zero attached hydrogens (tertiary/aromatic N) is 1. The number of anilines is 1. The molecule has 3 N–H and O–H groups in total. The van der Waals surface area contributed by atoms with E-state index in [2.05, 4.69) is 15.6 Å². The second-order valence-corrected chi connectivity index (χ2v) is 4.65.